The van der Waals surface area contributed by atoms with Crippen LogP contribution in [0.1, 0.15) is 18.9 Å². The monoisotopic (exact) mass is 496 g/mol. The Morgan fingerprint density at radius 3 is 2.81 bits per heavy atom. The van der Waals surface area contributed by atoms with Crippen LogP contribution in [-0.4, -0.2) is 41.0 Å². The molecule has 2 aliphatic rings. The van der Waals surface area contributed by atoms with Gasteiger partial charge in [-0.25, -0.2) is 4.98 Å². The summed E-state index contributed by atoms with van der Waals surface area (Å²) in [6, 6.07) is 19.4. The number of aryl methyl sites for hydroxylation is 1. The zero-order chi connectivity index (χ0) is 24.6. The predicted octanol–water partition coefficient (Wildman–Crippen LogP) is 4.97. The van der Waals surface area contributed by atoms with E-state index in [9.17, 15) is 9.59 Å². The number of benzene rings is 2. The summed E-state index contributed by atoms with van der Waals surface area (Å²) < 4.78 is 5.88. The second-order valence-electron chi connectivity index (χ2n) is 8.90. The van der Waals surface area contributed by atoms with Gasteiger partial charge >= 0.3 is 0 Å². The summed E-state index contributed by atoms with van der Waals surface area (Å²) in [6.07, 6.45) is 2.93. The van der Waals surface area contributed by atoms with Crippen molar-refractivity contribution in [3.05, 3.63) is 77.8 Å². The molecule has 8 heteroatoms. The summed E-state index contributed by atoms with van der Waals surface area (Å²) in [5.74, 6) is 0.246. The van der Waals surface area contributed by atoms with Crippen molar-refractivity contribution in [3.63, 3.8) is 0 Å². The maximum absolute atomic E-state index is 13.5. The summed E-state index contributed by atoms with van der Waals surface area (Å²) in [5.41, 5.74) is 5.12. The van der Waals surface area contributed by atoms with Crippen LogP contribution in [0.15, 0.2) is 72.2 Å². The number of ether oxygens (including phenoxy) is 1. The first-order valence-corrected chi connectivity index (χ1v) is 12.8. The van der Waals surface area contributed by atoms with Gasteiger partial charge in [0.1, 0.15) is 17.3 Å². The van der Waals surface area contributed by atoms with E-state index < -0.39 is 6.10 Å². The van der Waals surface area contributed by atoms with Crippen molar-refractivity contribution in [2.24, 2.45) is 0 Å². The lowest BCUT2D eigenvalue weighted by molar-refractivity contribution is -0.127. The highest BCUT2D eigenvalue weighted by atomic mass is 32.1. The number of hydrogen-bond acceptors (Lipinski definition) is 6. The Kier molecular flexibility index (Phi) is 5.73. The summed E-state index contributed by atoms with van der Waals surface area (Å²) in [7, 11) is 0. The van der Waals surface area contributed by atoms with Crippen LogP contribution in [-0.2, 0) is 16.0 Å². The van der Waals surface area contributed by atoms with Crippen LogP contribution in [0.25, 0.3) is 22.0 Å². The standard InChI is InChI=1S/C28H24N4O3S/c1-18-28(34)32(16-26(33)31-14-6-8-19-7-2-3-10-23(19)31)24-15-20(11-12-25(24)35-18)22-17-36-27(30-22)21-9-4-5-13-29-21/h2-5,7,9-13,15,17-18H,6,8,14,16H2,1H3. The Labute approximate surface area is 213 Å². The van der Waals surface area contributed by atoms with Crippen molar-refractivity contribution in [2.75, 3.05) is 22.9 Å². The lowest BCUT2D eigenvalue weighted by Gasteiger charge is -2.35. The highest BCUT2D eigenvalue weighted by Gasteiger charge is 2.35. The molecule has 0 saturated heterocycles. The molecule has 2 aromatic heterocycles. The van der Waals surface area contributed by atoms with Crippen LogP contribution < -0.4 is 14.5 Å². The quantitative estimate of drug-likeness (QED) is 0.399. The molecule has 6 rings (SSSR count). The topological polar surface area (TPSA) is 75.6 Å². The lowest BCUT2D eigenvalue weighted by Crippen LogP contribution is -2.50. The summed E-state index contributed by atoms with van der Waals surface area (Å²) in [5, 5.41) is 2.79. The number of nitrogens with zero attached hydrogens (tertiary/aromatic N) is 4. The predicted molar refractivity (Wildman–Crippen MR) is 140 cm³/mol. The largest absolute Gasteiger partial charge is 0.479 e. The average molecular weight is 497 g/mol. The van der Waals surface area contributed by atoms with Crippen molar-refractivity contribution < 1.29 is 14.3 Å². The molecule has 0 aliphatic carbocycles. The van der Waals surface area contributed by atoms with Crippen LogP contribution in [0, 0.1) is 0 Å². The smallest absolute Gasteiger partial charge is 0.268 e. The number of carbonyl (C=O) groups is 2. The molecule has 1 atom stereocenters. The number of para-hydroxylation sites is 1. The van der Waals surface area contributed by atoms with Gasteiger partial charge in [-0.15, -0.1) is 11.3 Å². The van der Waals surface area contributed by atoms with Gasteiger partial charge in [0, 0.05) is 29.4 Å². The van der Waals surface area contributed by atoms with Gasteiger partial charge in [0.25, 0.3) is 5.91 Å². The minimum atomic E-state index is -0.667. The number of thiazole rings is 1. The van der Waals surface area contributed by atoms with Gasteiger partial charge < -0.3 is 9.64 Å². The molecular formula is C28H24N4O3S. The zero-order valence-electron chi connectivity index (χ0n) is 19.8. The van der Waals surface area contributed by atoms with Crippen molar-refractivity contribution >= 4 is 34.5 Å². The second-order valence-corrected chi connectivity index (χ2v) is 9.76. The first-order valence-electron chi connectivity index (χ1n) is 12.0. The Hall–Kier alpha value is -4.04. The van der Waals surface area contributed by atoms with Crippen LogP contribution in [0.5, 0.6) is 5.75 Å². The third-order valence-electron chi connectivity index (χ3n) is 6.56. The lowest BCUT2D eigenvalue weighted by atomic mass is 10.0. The molecule has 2 aromatic carbocycles. The number of aromatic nitrogens is 2. The maximum Gasteiger partial charge on any atom is 0.268 e. The normalized spacial score (nSPS) is 16.8. The molecule has 0 N–H and O–H groups in total. The molecule has 0 saturated carbocycles. The molecule has 0 fully saturated rings. The van der Waals surface area contributed by atoms with E-state index in [4.69, 9.17) is 9.72 Å². The number of amides is 2. The molecule has 36 heavy (non-hydrogen) atoms. The zero-order valence-corrected chi connectivity index (χ0v) is 20.6. The van der Waals surface area contributed by atoms with Crippen LogP contribution in [0.3, 0.4) is 0 Å². The van der Waals surface area contributed by atoms with Gasteiger partial charge in [-0.05, 0) is 61.7 Å². The maximum atomic E-state index is 13.5. The fourth-order valence-electron chi connectivity index (χ4n) is 4.76. The van der Waals surface area contributed by atoms with Gasteiger partial charge in [0.2, 0.25) is 5.91 Å². The highest BCUT2D eigenvalue weighted by Crippen LogP contribution is 2.39. The third kappa shape index (κ3) is 4.03. The van der Waals surface area contributed by atoms with E-state index in [1.807, 2.05) is 60.0 Å². The average Bonchev–Trinajstić information content (AvgIpc) is 3.42. The highest BCUT2D eigenvalue weighted by molar-refractivity contribution is 7.13. The fourth-order valence-corrected chi connectivity index (χ4v) is 5.56. The molecule has 0 spiro atoms. The number of carbonyl (C=O) groups excluding carboxylic acids is 2. The Balaban J connectivity index is 1.32. The molecule has 2 amide bonds. The second kappa shape index (κ2) is 9.20. The van der Waals surface area contributed by atoms with Gasteiger partial charge in [-0.2, -0.15) is 0 Å². The summed E-state index contributed by atoms with van der Waals surface area (Å²) in [6.45, 7) is 2.31. The molecule has 7 nitrogen and oxygen atoms in total. The number of hydrogen-bond donors (Lipinski definition) is 0. The van der Waals surface area contributed by atoms with E-state index in [1.165, 1.54) is 11.3 Å². The molecule has 1 unspecified atom stereocenters. The van der Waals surface area contributed by atoms with E-state index in [2.05, 4.69) is 11.1 Å². The van der Waals surface area contributed by atoms with E-state index in [-0.39, 0.29) is 18.4 Å². The Bertz CT molecular complexity index is 1450. The Morgan fingerprint density at radius 2 is 1.94 bits per heavy atom. The van der Waals surface area contributed by atoms with Crippen molar-refractivity contribution in [3.8, 4) is 27.7 Å². The third-order valence-corrected chi connectivity index (χ3v) is 7.42. The molecule has 0 bridgehead atoms. The first kappa shape index (κ1) is 22.4. The van der Waals surface area contributed by atoms with Crippen LogP contribution in [0.4, 0.5) is 11.4 Å². The van der Waals surface area contributed by atoms with E-state index in [0.29, 0.717) is 18.0 Å². The molecule has 0 radical (unpaired) electrons. The summed E-state index contributed by atoms with van der Waals surface area (Å²) in [4.78, 5) is 39.2. The minimum absolute atomic E-state index is 0.0480. The number of pyridine rings is 1. The van der Waals surface area contributed by atoms with Crippen molar-refractivity contribution in [1.29, 1.82) is 0 Å². The van der Waals surface area contributed by atoms with Gasteiger partial charge in [-0.3, -0.25) is 19.5 Å². The number of anilines is 2. The Morgan fingerprint density at radius 1 is 1.08 bits per heavy atom. The molecule has 180 valence electrons. The minimum Gasteiger partial charge on any atom is -0.479 e. The van der Waals surface area contributed by atoms with E-state index >= 15 is 0 Å². The van der Waals surface area contributed by atoms with Gasteiger partial charge in [-0.1, -0.05) is 24.3 Å². The SMILES string of the molecule is CC1Oc2ccc(-c3csc(-c4ccccn4)n3)cc2N(CC(=O)N2CCCc3ccccc32)C1=O. The number of rotatable bonds is 4. The first-order chi connectivity index (χ1) is 17.6. The van der Waals surface area contributed by atoms with Gasteiger partial charge in [0.15, 0.2) is 6.10 Å². The van der Waals surface area contributed by atoms with Gasteiger partial charge in [0.05, 0.1) is 17.1 Å². The van der Waals surface area contributed by atoms with Crippen LogP contribution >= 0.6 is 11.3 Å². The van der Waals surface area contributed by atoms with Crippen molar-refractivity contribution in [1.82, 2.24) is 9.97 Å². The van der Waals surface area contributed by atoms with E-state index in [1.54, 1.807) is 22.9 Å². The van der Waals surface area contributed by atoms with Crippen LogP contribution in [0.2, 0.25) is 0 Å². The molecule has 4 heterocycles. The fraction of sp³-hybridized carbons (Fsp3) is 0.214. The van der Waals surface area contributed by atoms with Crippen molar-refractivity contribution in [2.45, 2.75) is 25.9 Å². The molecular weight excluding hydrogens is 472 g/mol. The van der Waals surface area contributed by atoms with E-state index in [0.717, 1.165) is 46.1 Å². The molecule has 4 aromatic rings. The number of fused-ring (bicyclic) bond motifs is 2. The summed E-state index contributed by atoms with van der Waals surface area (Å²) >= 11 is 1.51. The molecule has 2 aliphatic heterocycles.